The Morgan fingerprint density at radius 2 is 2.00 bits per heavy atom. The van der Waals surface area contributed by atoms with E-state index < -0.39 is 0 Å². The third-order valence-electron chi connectivity index (χ3n) is 6.45. The molecular formula is C28H30N6O3. The molecule has 2 amide bonds. The van der Waals surface area contributed by atoms with Crippen molar-refractivity contribution in [1.29, 1.82) is 0 Å². The number of amides is 2. The fourth-order valence-electron chi connectivity index (χ4n) is 4.72. The smallest absolute Gasteiger partial charge is 0.330 e. The summed E-state index contributed by atoms with van der Waals surface area (Å²) in [6.07, 6.45) is 5.05. The van der Waals surface area contributed by atoms with Gasteiger partial charge in [-0.1, -0.05) is 12.1 Å². The Labute approximate surface area is 215 Å². The van der Waals surface area contributed by atoms with E-state index in [2.05, 4.69) is 25.5 Å². The average molecular weight is 499 g/mol. The second-order valence-corrected chi connectivity index (χ2v) is 9.18. The number of aromatic nitrogens is 3. The third kappa shape index (κ3) is 5.62. The van der Waals surface area contributed by atoms with Crippen molar-refractivity contribution in [2.45, 2.75) is 39.3 Å². The maximum absolute atomic E-state index is 12.8. The first-order chi connectivity index (χ1) is 18.0. The molecule has 2 aromatic carbocycles. The quantitative estimate of drug-likeness (QED) is 0.383. The lowest BCUT2D eigenvalue weighted by atomic mass is 10.2. The van der Waals surface area contributed by atoms with E-state index in [1.165, 1.54) is 6.33 Å². The third-order valence-corrected chi connectivity index (χ3v) is 6.45. The molecule has 0 bridgehead atoms. The summed E-state index contributed by atoms with van der Waals surface area (Å²) in [4.78, 5) is 36.0. The van der Waals surface area contributed by atoms with E-state index in [9.17, 15) is 9.59 Å². The molecule has 2 aromatic heterocycles. The Morgan fingerprint density at radius 3 is 2.84 bits per heavy atom. The van der Waals surface area contributed by atoms with Crippen molar-refractivity contribution < 1.29 is 14.3 Å². The first kappa shape index (κ1) is 24.5. The molecule has 2 N–H and O–H groups in total. The summed E-state index contributed by atoms with van der Waals surface area (Å²) in [7, 11) is 0. The number of nitrogens with zero attached hydrogens (tertiary/aromatic N) is 4. The van der Waals surface area contributed by atoms with Crippen LogP contribution in [0.25, 0.3) is 10.9 Å². The highest BCUT2D eigenvalue weighted by molar-refractivity contribution is 5.98. The predicted octanol–water partition coefficient (Wildman–Crippen LogP) is 4.71. The van der Waals surface area contributed by atoms with Crippen molar-refractivity contribution >= 4 is 28.5 Å². The van der Waals surface area contributed by atoms with Gasteiger partial charge in [0, 0.05) is 36.4 Å². The number of likely N-dealkylation sites (N-methyl/N-ethyl adjacent to an activating group) is 1. The first-order valence-corrected chi connectivity index (χ1v) is 12.5. The summed E-state index contributed by atoms with van der Waals surface area (Å²) >= 11 is 0. The lowest BCUT2D eigenvalue weighted by molar-refractivity contribution is -0.125. The van der Waals surface area contributed by atoms with E-state index in [0.29, 0.717) is 24.7 Å². The Hall–Kier alpha value is -4.24. The minimum absolute atomic E-state index is 0.0679. The van der Waals surface area contributed by atoms with Crippen LogP contribution in [0.2, 0.25) is 0 Å². The molecule has 0 aliphatic carbocycles. The van der Waals surface area contributed by atoms with Crippen LogP contribution in [-0.2, 0) is 11.3 Å². The average Bonchev–Trinajstić information content (AvgIpc) is 3.51. The van der Waals surface area contributed by atoms with Gasteiger partial charge in [0.15, 0.2) is 0 Å². The Morgan fingerprint density at radius 1 is 1.11 bits per heavy atom. The van der Waals surface area contributed by atoms with Crippen molar-refractivity contribution in [2.75, 3.05) is 18.4 Å². The first-order valence-electron chi connectivity index (χ1n) is 12.5. The maximum Gasteiger partial charge on any atom is 0.330 e. The number of hydrogen-bond acceptors (Lipinski definition) is 6. The van der Waals surface area contributed by atoms with Crippen LogP contribution in [0, 0.1) is 6.92 Å². The standard InChI is InChI=1S/C28H30N6O3/c1-3-29-27(35)25-8-5-12-33(25)17-22-16-26(31-18-30-22)37-23-9-10-24-20(15-23)11-13-34(24)28(36)32-21-7-4-6-19(2)14-21/h4,6-7,9-11,13-16,18,25H,3,5,8,12,17H2,1-2H3,(H,29,35)(H,32,36)/t25-/m0/s1. The van der Waals surface area contributed by atoms with Crippen molar-refractivity contribution in [3.63, 3.8) is 0 Å². The Bertz CT molecular complexity index is 1430. The number of rotatable bonds is 7. The molecule has 1 saturated heterocycles. The van der Waals surface area contributed by atoms with Crippen molar-refractivity contribution in [2.24, 2.45) is 0 Å². The summed E-state index contributed by atoms with van der Waals surface area (Å²) in [5, 5.41) is 6.72. The topological polar surface area (TPSA) is 101 Å². The van der Waals surface area contributed by atoms with Crippen molar-refractivity contribution in [3.8, 4) is 11.6 Å². The van der Waals surface area contributed by atoms with Crippen LogP contribution in [0.3, 0.4) is 0 Å². The predicted molar refractivity (Wildman–Crippen MR) is 142 cm³/mol. The van der Waals surface area contributed by atoms with Gasteiger partial charge in [0.1, 0.15) is 12.1 Å². The zero-order chi connectivity index (χ0) is 25.8. The van der Waals surface area contributed by atoms with Gasteiger partial charge in [-0.15, -0.1) is 0 Å². The molecule has 9 heteroatoms. The molecule has 37 heavy (non-hydrogen) atoms. The van der Waals surface area contributed by atoms with Gasteiger partial charge in [0.2, 0.25) is 11.8 Å². The van der Waals surface area contributed by atoms with Crippen LogP contribution >= 0.6 is 0 Å². The monoisotopic (exact) mass is 498 g/mol. The van der Waals surface area contributed by atoms with Crippen LogP contribution in [0.1, 0.15) is 31.0 Å². The number of carbonyl (C=O) groups excluding carboxylic acids is 2. The number of anilines is 1. The number of likely N-dealkylation sites (tertiary alicyclic amines) is 1. The maximum atomic E-state index is 12.8. The number of ether oxygens (including phenoxy) is 1. The lowest BCUT2D eigenvalue weighted by Crippen LogP contribution is -2.42. The minimum Gasteiger partial charge on any atom is -0.439 e. The summed E-state index contributed by atoms with van der Waals surface area (Å²) in [5.74, 6) is 1.10. The largest absolute Gasteiger partial charge is 0.439 e. The van der Waals surface area contributed by atoms with Crippen LogP contribution < -0.4 is 15.4 Å². The summed E-state index contributed by atoms with van der Waals surface area (Å²) in [6.45, 7) is 5.95. The molecule has 1 aliphatic heterocycles. The van der Waals surface area contributed by atoms with Crippen LogP contribution in [0.5, 0.6) is 11.6 Å². The molecule has 0 saturated carbocycles. The Kier molecular flexibility index (Phi) is 7.14. The highest BCUT2D eigenvalue weighted by atomic mass is 16.5. The number of benzene rings is 2. The van der Waals surface area contributed by atoms with Gasteiger partial charge < -0.3 is 15.4 Å². The summed E-state index contributed by atoms with van der Waals surface area (Å²) in [6, 6.07) is 16.5. The molecule has 0 radical (unpaired) electrons. The van der Waals surface area contributed by atoms with Crippen LogP contribution in [0.4, 0.5) is 10.5 Å². The molecule has 0 unspecified atom stereocenters. The van der Waals surface area contributed by atoms with Gasteiger partial charge in [-0.2, -0.15) is 0 Å². The van der Waals surface area contributed by atoms with E-state index in [1.54, 1.807) is 16.8 Å². The molecule has 9 nitrogen and oxygen atoms in total. The van der Waals surface area contributed by atoms with E-state index in [-0.39, 0.29) is 18.0 Å². The highest BCUT2D eigenvalue weighted by Gasteiger charge is 2.30. The van der Waals surface area contributed by atoms with Gasteiger partial charge in [-0.25, -0.2) is 14.8 Å². The van der Waals surface area contributed by atoms with E-state index in [0.717, 1.165) is 47.2 Å². The SMILES string of the molecule is CCNC(=O)[C@@H]1CCCN1Cc1cc(Oc2ccc3c(ccn3C(=O)Nc3cccc(C)c3)c2)ncn1. The number of fused-ring (bicyclic) bond motifs is 1. The molecule has 5 rings (SSSR count). The number of aryl methyl sites for hydroxylation is 1. The van der Waals surface area contributed by atoms with Crippen LogP contribution in [-0.4, -0.2) is 50.5 Å². The molecule has 0 spiro atoms. The van der Waals surface area contributed by atoms with Gasteiger partial charge in [0.25, 0.3) is 0 Å². The fourth-order valence-corrected chi connectivity index (χ4v) is 4.72. The molecule has 1 fully saturated rings. The van der Waals surface area contributed by atoms with Gasteiger partial charge in [-0.3, -0.25) is 14.3 Å². The van der Waals surface area contributed by atoms with Gasteiger partial charge >= 0.3 is 6.03 Å². The molecule has 1 aliphatic rings. The summed E-state index contributed by atoms with van der Waals surface area (Å²) < 4.78 is 7.60. The number of carbonyl (C=O) groups is 2. The molecule has 4 aromatic rings. The van der Waals surface area contributed by atoms with Crippen molar-refractivity contribution in [3.05, 3.63) is 78.4 Å². The second kappa shape index (κ2) is 10.8. The Balaban J connectivity index is 1.27. The van der Waals surface area contributed by atoms with Crippen LogP contribution in [0.15, 0.2) is 67.1 Å². The van der Waals surface area contributed by atoms with Gasteiger partial charge in [0.05, 0.1) is 17.3 Å². The summed E-state index contributed by atoms with van der Waals surface area (Å²) in [5.41, 5.74) is 3.39. The molecule has 1 atom stereocenters. The zero-order valence-electron chi connectivity index (χ0n) is 21.0. The molecular weight excluding hydrogens is 468 g/mol. The highest BCUT2D eigenvalue weighted by Crippen LogP contribution is 2.27. The van der Waals surface area contributed by atoms with E-state index in [1.807, 2.05) is 62.4 Å². The van der Waals surface area contributed by atoms with Gasteiger partial charge in [-0.05, 0) is 75.2 Å². The molecule has 3 heterocycles. The van der Waals surface area contributed by atoms with E-state index in [4.69, 9.17) is 4.74 Å². The van der Waals surface area contributed by atoms with E-state index >= 15 is 0 Å². The lowest BCUT2D eigenvalue weighted by Gasteiger charge is -2.23. The van der Waals surface area contributed by atoms with Crippen molar-refractivity contribution in [1.82, 2.24) is 24.8 Å². The minimum atomic E-state index is -0.234. The number of nitrogens with one attached hydrogen (secondary N) is 2. The fraction of sp³-hybridized carbons (Fsp3) is 0.286. The normalized spacial score (nSPS) is 15.6. The zero-order valence-corrected chi connectivity index (χ0v) is 21.0. The second-order valence-electron chi connectivity index (χ2n) is 9.18. The molecule has 190 valence electrons. The number of hydrogen-bond donors (Lipinski definition) is 2.